The van der Waals surface area contributed by atoms with Crippen molar-refractivity contribution in [3.63, 3.8) is 0 Å². The maximum atomic E-state index is 9.87. The monoisotopic (exact) mass is 248 g/mol. The molecule has 18 heavy (non-hydrogen) atoms. The molecule has 1 aromatic heterocycles. The van der Waals surface area contributed by atoms with Crippen molar-refractivity contribution in [1.29, 1.82) is 0 Å². The number of methoxy groups -OCH3 is 1. The van der Waals surface area contributed by atoms with E-state index in [9.17, 15) is 5.11 Å². The van der Waals surface area contributed by atoms with Crippen LogP contribution in [0.5, 0.6) is 11.5 Å². The average molecular weight is 248 g/mol. The third-order valence-corrected chi connectivity index (χ3v) is 2.93. The third-order valence-electron chi connectivity index (χ3n) is 2.93. The summed E-state index contributed by atoms with van der Waals surface area (Å²) in [7, 11) is 1.54. The molecule has 0 saturated carbocycles. The van der Waals surface area contributed by atoms with Crippen LogP contribution in [0.15, 0.2) is 22.7 Å². The van der Waals surface area contributed by atoms with Gasteiger partial charge >= 0.3 is 0 Å². The standard InChI is InChI=1S/C13H16N2O3/c1-4-8(2)12-14-13(18-15-12)10-6-5-9(17-3)7-11(10)16/h5-8,16H,4H2,1-3H3. The second kappa shape index (κ2) is 5.08. The van der Waals surface area contributed by atoms with E-state index in [0.717, 1.165) is 6.42 Å². The summed E-state index contributed by atoms with van der Waals surface area (Å²) in [5, 5.41) is 13.8. The van der Waals surface area contributed by atoms with E-state index in [4.69, 9.17) is 9.26 Å². The summed E-state index contributed by atoms with van der Waals surface area (Å²) in [4.78, 5) is 4.29. The number of aromatic hydroxyl groups is 1. The fourth-order valence-corrected chi connectivity index (χ4v) is 1.55. The fraction of sp³-hybridized carbons (Fsp3) is 0.385. The second-order valence-electron chi connectivity index (χ2n) is 4.15. The zero-order chi connectivity index (χ0) is 13.1. The highest BCUT2D eigenvalue weighted by Gasteiger charge is 2.16. The van der Waals surface area contributed by atoms with E-state index in [1.165, 1.54) is 6.07 Å². The molecule has 0 saturated heterocycles. The predicted octanol–water partition coefficient (Wildman–Crippen LogP) is 2.96. The van der Waals surface area contributed by atoms with Gasteiger partial charge in [-0.3, -0.25) is 0 Å². The van der Waals surface area contributed by atoms with Crippen LogP contribution in [0.25, 0.3) is 11.5 Å². The van der Waals surface area contributed by atoms with Crippen LogP contribution >= 0.6 is 0 Å². The summed E-state index contributed by atoms with van der Waals surface area (Å²) in [5.74, 6) is 1.86. The smallest absolute Gasteiger partial charge is 0.261 e. The summed E-state index contributed by atoms with van der Waals surface area (Å²) in [6.07, 6.45) is 0.938. The Morgan fingerprint density at radius 2 is 2.22 bits per heavy atom. The molecule has 0 amide bonds. The lowest BCUT2D eigenvalue weighted by Gasteiger charge is -2.03. The third kappa shape index (κ3) is 2.30. The molecule has 1 N–H and O–H groups in total. The lowest BCUT2D eigenvalue weighted by atomic mass is 10.1. The lowest BCUT2D eigenvalue weighted by Crippen LogP contribution is -1.93. The molecule has 0 bridgehead atoms. The Balaban J connectivity index is 2.34. The molecule has 0 aliphatic rings. The number of phenolic OH excluding ortho intramolecular Hbond substituents is 1. The van der Waals surface area contributed by atoms with Gasteiger partial charge in [-0.05, 0) is 18.6 Å². The van der Waals surface area contributed by atoms with Crippen LogP contribution < -0.4 is 4.74 Å². The molecule has 96 valence electrons. The molecular weight excluding hydrogens is 232 g/mol. The Bertz CT molecular complexity index is 537. The van der Waals surface area contributed by atoms with Crippen LogP contribution in [-0.2, 0) is 0 Å². The number of nitrogens with zero attached hydrogens (tertiary/aromatic N) is 2. The first-order chi connectivity index (χ1) is 8.65. The van der Waals surface area contributed by atoms with E-state index in [-0.39, 0.29) is 11.7 Å². The predicted molar refractivity (Wildman–Crippen MR) is 66.7 cm³/mol. The van der Waals surface area contributed by atoms with Crippen LogP contribution in [0.4, 0.5) is 0 Å². The van der Waals surface area contributed by atoms with Crippen LogP contribution in [-0.4, -0.2) is 22.4 Å². The van der Waals surface area contributed by atoms with Gasteiger partial charge in [-0.2, -0.15) is 4.98 Å². The highest BCUT2D eigenvalue weighted by atomic mass is 16.5. The quantitative estimate of drug-likeness (QED) is 0.900. The Kier molecular flexibility index (Phi) is 3.50. The molecule has 0 spiro atoms. The van der Waals surface area contributed by atoms with Crippen LogP contribution in [0.3, 0.4) is 0 Å². The van der Waals surface area contributed by atoms with Gasteiger partial charge in [0.05, 0.1) is 12.7 Å². The molecule has 1 heterocycles. The molecule has 1 unspecified atom stereocenters. The first kappa shape index (κ1) is 12.4. The van der Waals surface area contributed by atoms with Gasteiger partial charge in [-0.1, -0.05) is 19.0 Å². The van der Waals surface area contributed by atoms with Crippen molar-refractivity contribution in [2.24, 2.45) is 0 Å². The molecule has 2 aromatic rings. The number of hydrogen-bond acceptors (Lipinski definition) is 5. The number of rotatable bonds is 4. The molecule has 5 nitrogen and oxygen atoms in total. The molecule has 0 aliphatic heterocycles. The van der Waals surface area contributed by atoms with Gasteiger partial charge in [-0.25, -0.2) is 0 Å². The molecule has 0 radical (unpaired) electrons. The first-order valence-electron chi connectivity index (χ1n) is 5.86. The minimum atomic E-state index is 0.0636. The van der Waals surface area contributed by atoms with Gasteiger partial charge in [0.15, 0.2) is 5.82 Å². The fourth-order valence-electron chi connectivity index (χ4n) is 1.55. The molecule has 1 aromatic carbocycles. The number of aromatic nitrogens is 2. The summed E-state index contributed by atoms with van der Waals surface area (Å²) >= 11 is 0. The van der Waals surface area contributed by atoms with Crippen molar-refractivity contribution in [1.82, 2.24) is 10.1 Å². The van der Waals surface area contributed by atoms with Crippen LogP contribution in [0.2, 0.25) is 0 Å². The van der Waals surface area contributed by atoms with Gasteiger partial charge in [0.1, 0.15) is 11.5 Å². The Morgan fingerprint density at radius 3 is 2.83 bits per heavy atom. The Labute approximate surface area is 105 Å². The van der Waals surface area contributed by atoms with E-state index < -0.39 is 0 Å². The van der Waals surface area contributed by atoms with Crippen molar-refractivity contribution in [3.8, 4) is 23.0 Å². The van der Waals surface area contributed by atoms with E-state index in [1.54, 1.807) is 19.2 Å². The highest BCUT2D eigenvalue weighted by molar-refractivity contribution is 5.63. The zero-order valence-corrected chi connectivity index (χ0v) is 10.7. The zero-order valence-electron chi connectivity index (χ0n) is 10.7. The number of benzene rings is 1. The van der Waals surface area contributed by atoms with Crippen molar-refractivity contribution in [2.45, 2.75) is 26.2 Å². The van der Waals surface area contributed by atoms with Gasteiger partial charge in [0.2, 0.25) is 0 Å². The van der Waals surface area contributed by atoms with Crippen molar-refractivity contribution in [2.75, 3.05) is 7.11 Å². The SMILES string of the molecule is CCC(C)c1noc(-c2ccc(OC)cc2O)n1. The van der Waals surface area contributed by atoms with Gasteiger partial charge in [-0.15, -0.1) is 0 Å². The van der Waals surface area contributed by atoms with E-state index in [2.05, 4.69) is 17.1 Å². The topological polar surface area (TPSA) is 68.4 Å². The molecular formula is C13H16N2O3. The largest absolute Gasteiger partial charge is 0.507 e. The average Bonchev–Trinajstić information content (AvgIpc) is 2.87. The van der Waals surface area contributed by atoms with E-state index in [0.29, 0.717) is 23.0 Å². The van der Waals surface area contributed by atoms with Crippen molar-refractivity contribution < 1.29 is 14.4 Å². The lowest BCUT2D eigenvalue weighted by molar-refractivity contribution is 0.403. The normalized spacial score (nSPS) is 12.4. The van der Waals surface area contributed by atoms with Gasteiger partial charge in [0.25, 0.3) is 5.89 Å². The Hall–Kier alpha value is -2.04. The molecule has 0 aliphatic carbocycles. The minimum Gasteiger partial charge on any atom is -0.507 e. The molecule has 1 atom stereocenters. The summed E-state index contributed by atoms with van der Waals surface area (Å²) in [5.41, 5.74) is 0.512. The summed E-state index contributed by atoms with van der Waals surface area (Å²) < 4.78 is 10.2. The summed E-state index contributed by atoms with van der Waals surface area (Å²) in [6, 6.07) is 4.95. The minimum absolute atomic E-state index is 0.0636. The van der Waals surface area contributed by atoms with E-state index >= 15 is 0 Å². The molecule has 2 rings (SSSR count). The molecule has 5 heteroatoms. The number of ether oxygens (including phenoxy) is 1. The number of hydrogen-bond donors (Lipinski definition) is 1. The first-order valence-corrected chi connectivity index (χ1v) is 5.86. The van der Waals surface area contributed by atoms with Crippen LogP contribution in [0.1, 0.15) is 32.0 Å². The van der Waals surface area contributed by atoms with Crippen molar-refractivity contribution in [3.05, 3.63) is 24.0 Å². The van der Waals surface area contributed by atoms with Crippen molar-refractivity contribution >= 4 is 0 Å². The number of phenols is 1. The maximum absolute atomic E-state index is 9.87. The Morgan fingerprint density at radius 1 is 1.44 bits per heavy atom. The second-order valence-corrected chi connectivity index (χ2v) is 4.15. The van der Waals surface area contributed by atoms with E-state index in [1.807, 2.05) is 6.92 Å². The highest BCUT2D eigenvalue weighted by Crippen LogP contribution is 2.32. The maximum Gasteiger partial charge on any atom is 0.261 e. The van der Waals surface area contributed by atoms with Crippen LogP contribution in [0, 0.1) is 0 Å². The molecule has 0 fully saturated rings. The van der Waals surface area contributed by atoms with Gasteiger partial charge < -0.3 is 14.4 Å². The summed E-state index contributed by atoms with van der Waals surface area (Å²) in [6.45, 7) is 4.09. The van der Waals surface area contributed by atoms with Gasteiger partial charge in [0, 0.05) is 12.0 Å².